The maximum absolute atomic E-state index is 4.82. The molecule has 5 nitrogen and oxygen atoms in total. The van der Waals surface area contributed by atoms with Crippen molar-refractivity contribution < 1.29 is 0 Å². The fourth-order valence-electron chi connectivity index (χ4n) is 3.02. The van der Waals surface area contributed by atoms with E-state index in [1.165, 1.54) is 16.5 Å². The number of fused-ring (bicyclic) bond motifs is 2. The van der Waals surface area contributed by atoms with Crippen LogP contribution in [0.25, 0.3) is 21.9 Å². The predicted molar refractivity (Wildman–Crippen MR) is 104 cm³/mol. The number of nitrogens with one attached hydrogen (secondary N) is 1. The number of aromatic nitrogens is 3. The molecular weight excluding hydrogens is 322 g/mol. The Morgan fingerprint density at radius 2 is 1.96 bits per heavy atom. The molecule has 0 aliphatic rings. The van der Waals surface area contributed by atoms with E-state index in [9.17, 15) is 0 Å². The number of hydrogen-bond acceptors (Lipinski definition) is 4. The molecule has 1 aromatic carbocycles. The molecular formula is C18H26ClN5. The van der Waals surface area contributed by atoms with E-state index in [0.29, 0.717) is 0 Å². The van der Waals surface area contributed by atoms with Crippen LogP contribution in [0.3, 0.4) is 0 Å². The lowest BCUT2D eigenvalue weighted by Gasteiger charge is -2.14. The quantitative estimate of drug-likeness (QED) is 0.693. The molecule has 0 atom stereocenters. The van der Waals surface area contributed by atoms with Gasteiger partial charge in [-0.2, -0.15) is 5.10 Å². The first kappa shape index (κ1) is 18.5. The highest BCUT2D eigenvalue weighted by atomic mass is 35.5. The zero-order valence-corrected chi connectivity index (χ0v) is 15.7. The summed E-state index contributed by atoms with van der Waals surface area (Å²) in [6.45, 7) is 4.17. The Morgan fingerprint density at radius 1 is 1.21 bits per heavy atom. The third-order valence-corrected chi connectivity index (χ3v) is 4.16. The van der Waals surface area contributed by atoms with E-state index in [2.05, 4.69) is 54.5 Å². The molecule has 24 heavy (non-hydrogen) atoms. The van der Waals surface area contributed by atoms with Gasteiger partial charge in [0.05, 0.1) is 22.3 Å². The van der Waals surface area contributed by atoms with E-state index in [-0.39, 0.29) is 12.4 Å². The van der Waals surface area contributed by atoms with Gasteiger partial charge in [-0.1, -0.05) is 25.1 Å². The van der Waals surface area contributed by atoms with Gasteiger partial charge in [-0.25, -0.2) is 4.98 Å². The molecule has 3 rings (SSSR count). The third-order valence-electron chi connectivity index (χ3n) is 4.16. The average Bonchev–Trinajstić information content (AvgIpc) is 2.86. The lowest BCUT2D eigenvalue weighted by molar-refractivity contribution is 0.405. The molecule has 0 aliphatic heterocycles. The largest absolute Gasteiger partial charge is 0.384 e. The molecule has 0 radical (unpaired) electrons. The summed E-state index contributed by atoms with van der Waals surface area (Å²) >= 11 is 0. The molecule has 0 unspecified atom stereocenters. The minimum atomic E-state index is 0. The van der Waals surface area contributed by atoms with Crippen LogP contribution in [0.15, 0.2) is 24.3 Å². The van der Waals surface area contributed by atoms with Crippen molar-refractivity contribution in [2.24, 2.45) is 7.05 Å². The van der Waals surface area contributed by atoms with Gasteiger partial charge >= 0.3 is 0 Å². The topological polar surface area (TPSA) is 46.0 Å². The lowest BCUT2D eigenvalue weighted by Crippen LogP contribution is -2.16. The van der Waals surface area contributed by atoms with E-state index in [4.69, 9.17) is 4.98 Å². The number of nitrogens with zero attached hydrogens (tertiary/aromatic N) is 4. The summed E-state index contributed by atoms with van der Waals surface area (Å²) in [5.74, 6) is 0. The van der Waals surface area contributed by atoms with Crippen LogP contribution in [0.4, 0.5) is 5.69 Å². The van der Waals surface area contributed by atoms with Crippen LogP contribution in [0, 0.1) is 0 Å². The van der Waals surface area contributed by atoms with Crippen molar-refractivity contribution in [3.63, 3.8) is 0 Å². The maximum Gasteiger partial charge on any atom is 0.160 e. The molecule has 0 saturated carbocycles. The van der Waals surface area contributed by atoms with E-state index < -0.39 is 0 Å². The standard InChI is InChI=1S/C18H25N5.ClH/c1-5-14-16-17(19-11-8-12-22(2)3)13-9-6-7-10-15(13)20-18(16)23(4)21-14;/h6-7,9-10H,5,8,11-12H2,1-4H3,(H,19,20);1H. The highest BCUT2D eigenvalue weighted by molar-refractivity contribution is 6.07. The van der Waals surface area contributed by atoms with Gasteiger partial charge in [0.2, 0.25) is 0 Å². The minimum Gasteiger partial charge on any atom is -0.384 e. The van der Waals surface area contributed by atoms with Gasteiger partial charge in [0.25, 0.3) is 0 Å². The molecule has 0 saturated heterocycles. The first-order valence-electron chi connectivity index (χ1n) is 8.24. The molecule has 3 aromatic rings. The zero-order chi connectivity index (χ0) is 16.4. The number of pyridine rings is 1. The minimum absolute atomic E-state index is 0. The second-order valence-corrected chi connectivity index (χ2v) is 6.21. The van der Waals surface area contributed by atoms with Crippen LogP contribution in [0.1, 0.15) is 19.0 Å². The fraction of sp³-hybridized carbons (Fsp3) is 0.444. The Kier molecular flexibility index (Phi) is 6.02. The summed E-state index contributed by atoms with van der Waals surface area (Å²) in [6.07, 6.45) is 2.01. The van der Waals surface area contributed by atoms with Gasteiger partial charge in [0.15, 0.2) is 5.65 Å². The molecule has 0 fully saturated rings. The van der Waals surface area contributed by atoms with Crippen LogP contribution in [-0.2, 0) is 13.5 Å². The monoisotopic (exact) mass is 347 g/mol. The Labute approximate surface area is 149 Å². The van der Waals surface area contributed by atoms with Crippen LogP contribution in [-0.4, -0.2) is 46.8 Å². The van der Waals surface area contributed by atoms with Gasteiger partial charge in [-0.3, -0.25) is 4.68 Å². The summed E-state index contributed by atoms with van der Waals surface area (Å²) in [6, 6.07) is 8.32. The van der Waals surface area contributed by atoms with Crippen molar-refractivity contribution in [1.29, 1.82) is 0 Å². The number of para-hydroxylation sites is 1. The predicted octanol–water partition coefficient (Wildman–Crippen LogP) is 3.47. The molecule has 1 N–H and O–H groups in total. The smallest absolute Gasteiger partial charge is 0.160 e. The summed E-state index contributed by atoms with van der Waals surface area (Å²) < 4.78 is 1.89. The summed E-state index contributed by atoms with van der Waals surface area (Å²) in [5.41, 5.74) is 4.25. The lowest BCUT2D eigenvalue weighted by atomic mass is 10.1. The van der Waals surface area contributed by atoms with Gasteiger partial charge in [0, 0.05) is 19.0 Å². The Hall–Kier alpha value is -1.85. The number of hydrogen-bond donors (Lipinski definition) is 1. The average molecular weight is 348 g/mol. The number of halogens is 1. The third kappa shape index (κ3) is 3.47. The van der Waals surface area contributed by atoms with E-state index >= 15 is 0 Å². The van der Waals surface area contributed by atoms with Crippen LogP contribution in [0.2, 0.25) is 0 Å². The molecule has 6 heteroatoms. The fourth-order valence-corrected chi connectivity index (χ4v) is 3.02. The van der Waals surface area contributed by atoms with Crippen LogP contribution in [0.5, 0.6) is 0 Å². The van der Waals surface area contributed by atoms with Crippen molar-refractivity contribution in [3.8, 4) is 0 Å². The maximum atomic E-state index is 4.82. The Morgan fingerprint density at radius 3 is 2.67 bits per heavy atom. The van der Waals surface area contributed by atoms with E-state index in [1.807, 2.05) is 17.8 Å². The Balaban J connectivity index is 0.00000208. The summed E-state index contributed by atoms with van der Waals surface area (Å²) in [4.78, 5) is 7.03. The number of aryl methyl sites for hydroxylation is 2. The molecule has 0 aliphatic carbocycles. The second-order valence-electron chi connectivity index (χ2n) is 6.21. The van der Waals surface area contributed by atoms with E-state index in [0.717, 1.165) is 42.8 Å². The van der Waals surface area contributed by atoms with Crippen molar-refractivity contribution in [2.75, 3.05) is 32.5 Å². The van der Waals surface area contributed by atoms with E-state index in [1.54, 1.807) is 0 Å². The highest BCUT2D eigenvalue weighted by Gasteiger charge is 2.16. The molecule has 2 aromatic heterocycles. The van der Waals surface area contributed by atoms with Gasteiger partial charge in [-0.15, -0.1) is 12.4 Å². The molecule has 2 heterocycles. The Bertz CT molecular complexity index is 825. The summed E-state index contributed by atoms with van der Waals surface area (Å²) in [5, 5.41) is 10.6. The second kappa shape index (κ2) is 7.81. The van der Waals surface area contributed by atoms with Gasteiger partial charge in [-0.05, 0) is 39.5 Å². The molecule has 0 amide bonds. The first-order valence-corrected chi connectivity index (χ1v) is 8.24. The number of benzene rings is 1. The van der Waals surface area contributed by atoms with Gasteiger partial charge < -0.3 is 10.2 Å². The first-order chi connectivity index (χ1) is 11.1. The van der Waals surface area contributed by atoms with Crippen LogP contribution < -0.4 is 5.32 Å². The molecule has 130 valence electrons. The van der Waals surface area contributed by atoms with Gasteiger partial charge in [0.1, 0.15) is 0 Å². The normalized spacial score (nSPS) is 11.2. The number of rotatable bonds is 6. The van der Waals surface area contributed by atoms with Crippen LogP contribution >= 0.6 is 12.4 Å². The van der Waals surface area contributed by atoms with Crippen molar-refractivity contribution in [1.82, 2.24) is 19.7 Å². The molecule has 0 spiro atoms. The zero-order valence-electron chi connectivity index (χ0n) is 14.8. The summed E-state index contributed by atoms with van der Waals surface area (Å²) in [7, 11) is 6.19. The molecule has 0 bridgehead atoms. The number of anilines is 1. The SMILES string of the molecule is CCc1nn(C)c2nc3ccccc3c(NCCCN(C)C)c12.Cl. The highest BCUT2D eigenvalue weighted by Crippen LogP contribution is 2.33. The van der Waals surface area contributed by atoms with Crippen molar-refractivity contribution in [2.45, 2.75) is 19.8 Å². The van der Waals surface area contributed by atoms with Crippen molar-refractivity contribution >= 4 is 40.0 Å². The van der Waals surface area contributed by atoms with Crippen molar-refractivity contribution in [3.05, 3.63) is 30.0 Å².